The number of aromatic hydroxyl groups is 2. The predicted molar refractivity (Wildman–Crippen MR) is 167 cm³/mol. The van der Waals surface area contributed by atoms with E-state index in [0.717, 1.165) is 12.8 Å². The Labute approximate surface area is 282 Å². The number of hydrogen-bond donors (Lipinski definition) is 5. The number of alkyl halides is 3. The van der Waals surface area contributed by atoms with Crippen LogP contribution in [0.5, 0.6) is 17.2 Å². The number of ketones is 3. The first-order chi connectivity index (χ1) is 23.0. The molecular weight excluding hydrogens is 675 g/mol. The van der Waals surface area contributed by atoms with Crippen molar-refractivity contribution >= 4 is 35.0 Å². The Balaban J connectivity index is 1.59. The molecule has 12 nitrogen and oxygen atoms in total. The second-order valence-corrected chi connectivity index (χ2v) is 13.4. The number of amides is 1. The molecule has 0 spiro atoms. The van der Waals surface area contributed by atoms with E-state index in [1.165, 1.54) is 44.0 Å². The SMILES string of the molecule is CCCCSCC(=O)[C@]1(O)Cc2c(O)c3c(c(O)c2[C@@H](OC2CC(NC(=O)C(F)(F)F)C(O)C(C)O2)C1)C(=O)c1c(OC)cccc1C3=O. The van der Waals surface area contributed by atoms with Gasteiger partial charge >= 0.3 is 12.1 Å². The number of benzene rings is 2. The second kappa shape index (κ2) is 13.9. The molecule has 4 unspecified atom stereocenters. The van der Waals surface area contributed by atoms with E-state index in [1.807, 2.05) is 6.92 Å². The number of fused-ring (bicyclic) bond motifs is 3. The molecule has 6 atom stereocenters. The summed E-state index contributed by atoms with van der Waals surface area (Å²) in [6.45, 7) is 3.29. The molecule has 5 rings (SSSR count). The van der Waals surface area contributed by atoms with Crippen molar-refractivity contribution in [2.75, 3.05) is 18.6 Å². The highest BCUT2D eigenvalue weighted by Crippen LogP contribution is 2.52. The van der Waals surface area contributed by atoms with Crippen LogP contribution in [-0.2, 0) is 25.5 Å². The molecule has 266 valence electrons. The third-order valence-corrected chi connectivity index (χ3v) is 10.1. The lowest BCUT2D eigenvalue weighted by Gasteiger charge is -2.43. The summed E-state index contributed by atoms with van der Waals surface area (Å²) in [5.41, 5.74) is -4.10. The van der Waals surface area contributed by atoms with Crippen molar-refractivity contribution in [3.8, 4) is 17.2 Å². The molecule has 1 aliphatic heterocycles. The van der Waals surface area contributed by atoms with Crippen LogP contribution < -0.4 is 10.1 Å². The van der Waals surface area contributed by atoms with E-state index in [2.05, 4.69) is 0 Å². The normalized spacial score (nSPS) is 26.4. The number of aliphatic hydroxyl groups excluding tert-OH is 1. The molecule has 3 aliphatic rings. The van der Waals surface area contributed by atoms with Crippen LogP contribution in [0.2, 0.25) is 0 Å². The predicted octanol–water partition coefficient (Wildman–Crippen LogP) is 3.26. The molecule has 16 heteroatoms. The summed E-state index contributed by atoms with van der Waals surface area (Å²) in [5.74, 6) is -5.66. The quantitative estimate of drug-likeness (QED) is 0.153. The number of phenolic OH excluding ortho intramolecular Hbond substituents is 2. The van der Waals surface area contributed by atoms with Gasteiger partial charge in [-0.2, -0.15) is 24.9 Å². The zero-order valence-electron chi connectivity index (χ0n) is 26.8. The van der Waals surface area contributed by atoms with Crippen LogP contribution in [0.15, 0.2) is 18.2 Å². The maximum absolute atomic E-state index is 13.9. The minimum Gasteiger partial charge on any atom is -0.507 e. The Bertz CT molecular complexity index is 1680. The number of Topliss-reactive ketones (excluding diaryl/α,β-unsaturated/α-hetero) is 1. The van der Waals surface area contributed by atoms with Gasteiger partial charge in [-0.05, 0) is 25.2 Å². The number of methoxy groups -OCH3 is 1. The van der Waals surface area contributed by atoms with Crippen molar-refractivity contribution in [1.29, 1.82) is 0 Å². The number of halogens is 3. The van der Waals surface area contributed by atoms with Gasteiger partial charge in [-0.15, -0.1) is 0 Å². The average Bonchev–Trinajstić information content (AvgIpc) is 3.04. The number of nitrogens with one attached hydrogen (secondary N) is 1. The van der Waals surface area contributed by atoms with Gasteiger partial charge in [-0.3, -0.25) is 19.2 Å². The first-order valence-electron chi connectivity index (χ1n) is 15.6. The van der Waals surface area contributed by atoms with Crippen molar-refractivity contribution in [2.24, 2.45) is 0 Å². The molecule has 1 saturated heterocycles. The Morgan fingerprint density at radius 2 is 1.82 bits per heavy atom. The molecule has 0 bridgehead atoms. The van der Waals surface area contributed by atoms with E-state index in [-0.39, 0.29) is 33.8 Å². The number of carbonyl (C=O) groups excluding carboxylic acids is 4. The lowest BCUT2D eigenvalue weighted by Crippen LogP contribution is -2.57. The smallest absolute Gasteiger partial charge is 0.471 e. The van der Waals surface area contributed by atoms with Gasteiger partial charge in [-0.1, -0.05) is 25.5 Å². The molecule has 1 fully saturated rings. The number of aliphatic hydroxyl groups is 2. The number of carbonyl (C=O) groups is 4. The summed E-state index contributed by atoms with van der Waals surface area (Å²) < 4.78 is 56.2. The largest absolute Gasteiger partial charge is 0.507 e. The first kappa shape index (κ1) is 36.6. The number of phenols is 2. The molecule has 2 aliphatic carbocycles. The highest BCUT2D eigenvalue weighted by Gasteiger charge is 2.51. The number of unbranched alkanes of at least 4 members (excludes halogenated alkanes) is 1. The summed E-state index contributed by atoms with van der Waals surface area (Å²) in [4.78, 5) is 52.8. The fourth-order valence-electron chi connectivity index (χ4n) is 6.51. The van der Waals surface area contributed by atoms with E-state index >= 15 is 0 Å². The van der Waals surface area contributed by atoms with Crippen molar-refractivity contribution in [3.05, 3.63) is 51.6 Å². The summed E-state index contributed by atoms with van der Waals surface area (Å²) in [7, 11) is 1.28. The number of hydrogen-bond acceptors (Lipinski definition) is 12. The number of thioether (sulfide) groups is 1. The van der Waals surface area contributed by atoms with Crippen LogP contribution in [0.4, 0.5) is 13.2 Å². The van der Waals surface area contributed by atoms with Gasteiger partial charge in [0.2, 0.25) is 5.78 Å². The van der Waals surface area contributed by atoms with E-state index < -0.39 is 108 Å². The second-order valence-electron chi connectivity index (χ2n) is 12.3. The summed E-state index contributed by atoms with van der Waals surface area (Å²) in [6, 6.07) is 2.74. The standard InChI is InChI=1S/C33H36F3NO11S/c1-4-5-9-49-13-20(38)32(45)11-16-23(19(12-32)48-21-10-17(26(39)14(2)47-21)37-31(44)33(34,35)36)30(43)25-24(28(16)41)27(40)15-7-6-8-18(46-3)22(15)29(25)42/h6-8,14,17,19,21,26,39,41,43,45H,4-5,9-13H2,1-3H3,(H,37,44)/t14?,17?,19-,21?,26?,32-/m0/s1. The maximum atomic E-state index is 13.9. The van der Waals surface area contributed by atoms with Crippen LogP contribution in [0.25, 0.3) is 0 Å². The monoisotopic (exact) mass is 711 g/mol. The molecule has 1 heterocycles. The van der Waals surface area contributed by atoms with Crippen LogP contribution >= 0.6 is 11.8 Å². The number of rotatable bonds is 10. The summed E-state index contributed by atoms with van der Waals surface area (Å²) in [5, 5.41) is 47.3. The molecule has 0 aromatic heterocycles. The molecule has 5 N–H and O–H groups in total. The fourth-order valence-corrected chi connectivity index (χ4v) is 7.60. The highest BCUT2D eigenvalue weighted by molar-refractivity contribution is 7.99. The molecule has 2 aromatic carbocycles. The van der Waals surface area contributed by atoms with Gasteiger partial charge in [0.1, 0.15) is 29.0 Å². The van der Waals surface area contributed by atoms with E-state index in [0.29, 0.717) is 5.75 Å². The zero-order valence-corrected chi connectivity index (χ0v) is 27.6. The van der Waals surface area contributed by atoms with E-state index in [1.54, 1.807) is 5.32 Å². The zero-order chi connectivity index (χ0) is 36.0. The van der Waals surface area contributed by atoms with Crippen LogP contribution in [-0.4, -0.2) is 98.6 Å². The first-order valence-corrected chi connectivity index (χ1v) is 16.8. The maximum Gasteiger partial charge on any atom is 0.471 e. The van der Waals surface area contributed by atoms with Crippen LogP contribution in [0.1, 0.15) is 88.6 Å². The topological polar surface area (TPSA) is 189 Å². The lowest BCUT2D eigenvalue weighted by atomic mass is 9.72. The third-order valence-electron chi connectivity index (χ3n) is 9.07. The van der Waals surface area contributed by atoms with Gasteiger partial charge < -0.3 is 40.0 Å². The minimum atomic E-state index is -5.25. The highest BCUT2D eigenvalue weighted by atomic mass is 32.2. The van der Waals surface area contributed by atoms with Crippen molar-refractivity contribution in [3.63, 3.8) is 0 Å². The Morgan fingerprint density at radius 1 is 1.12 bits per heavy atom. The van der Waals surface area contributed by atoms with Gasteiger partial charge in [0, 0.05) is 36.0 Å². The number of ether oxygens (including phenoxy) is 3. The molecule has 0 saturated carbocycles. The van der Waals surface area contributed by atoms with Crippen molar-refractivity contribution < 1.29 is 67.0 Å². The molecule has 2 aromatic rings. The molecule has 1 amide bonds. The molecular formula is C33H36F3NO11S. The van der Waals surface area contributed by atoms with Gasteiger partial charge in [0.15, 0.2) is 17.9 Å². The van der Waals surface area contributed by atoms with Crippen LogP contribution in [0.3, 0.4) is 0 Å². The van der Waals surface area contributed by atoms with Gasteiger partial charge in [0.25, 0.3) is 0 Å². The van der Waals surface area contributed by atoms with Crippen molar-refractivity contribution in [2.45, 2.75) is 88.4 Å². The van der Waals surface area contributed by atoms with E-state index in [9.17, 15) is 52.8 Å². The van der Waals surface area contributed by atoms with Gasteiger partial charge in [0.05, 0.1) is 47.8 Å². The Kier molecular flexibility index (Phi) is 10.4. The van der Waals surface area contributed by atoms with E-state index in [4.69, 9.17) is 14.2 Å². The van der Waals surface area contributed by atoms with Gasteiger partial charge in [-0.25, -0.2) is 0 Å². The van der Waals surface area contributed by atoms with Crippen molar-refractivity contribution in [1.82, 2.24) is 5.32 Å². The summed E-state index contributed by atoms with van der Waals surface area (Å²) in [6.07, 6.45) is -11.0. The van der Waals surface area contributed by atoms with Crippen LogP contribution in [0, 0.1) is 0 Å². The lowest BCUT2D eigenvalue weighted by molar-refractivity contribution is -0.250. The third kappa shape index (κ3) is 6.76. The molecule has 0 radical (unpaired) electrons. The Hall–Kier alpha value is -3.70. The molecule has 49 heavy (non-hydrogen) atoms. The summed E-state index contributed by atoms with van der Waals surface area (Å²) >= 11 is 1.27. The average molecular weight is 712 g/mol. The Morgan fingerprint density at radius 3 is 2.47 bits per heavy atom. The minimum absolute atomic E-state index is 0.0292. The fraction of sp³-hybridized carbons (Fsp3) is 0.515.